The summed E-state index contributed by atoms with van der Waals surface area (Å²) in [4.78, 5) is 15.8. The maximum Gasteiger partial charge on any atom is 0.337 e. The van der Waals surface area contributed by atoms with Crippen molar-refractivity contribution in [3.8, 4) is 11.5 Å². The maximum atomic E-state index is 12.9. The van der Waals surface area contributed by atoms with Crippen LogP contribution in [0.4, 0.5) is 0 Å². The zero-order valence-corrected chi connectivity index (χ0v) is 20.3. The molecule has 2 fully saturated rings. The molecule has 1 aromatic carbocycles. The molecule has 2 heterocycles. The molecule has 0 spiro atoms. The number of aliphatic hydroxyl groups excluding tert-OH is 1. The second-order valence-corrected chi connectivity index (χ2v) is 10.2. The Bertz CT molecular complexity index is 898. The van der Waals surface area contributed by atoms with Gasteiger partial charge >= 0.3 is 5.97 Å². The predicted octanol–water partition coefficient (Wildman–Crippen LogP) is -0.669. The molecule has 1 atom stereocenters. The van der Waals surface area contributed by atoms with E-state index < -0.39 is 22.3 Å². The van der Waals surface area contributed by atoms with E-state index in [4.69, 9.17) is 14.2 Å². The molecule has 0 aliphatic carbocycles. The number of hydrogen-bond donors (Lipinski definition) is 1. The van der Waals surface area contributed by atoms with Gasteiger partial charge < -0.3 is 24.2 Å². The number of carbonyl (C=O) groups is 1. The topological polar surface area (TPSA) is 112 Å². The van der Waals surface area contributed by atoms with Crippen molar-refractivity contribution >= 4 is 16.2 Å². The molecule has 0 bridgehead atoms. The fourth-order valence-electron chi connectivity index (χ4n) is 3.89. The Hall–Kier alpha value is -1.96. The molecule has 0 radical (unpaired) electrons. The average Bonchev–Trinajstić information content (AvgIpc) is 2.82. The molecule has 3 rings (SSSR count). The standard InChI is InChI=1S/C21H34N4O7S/c1-22-6-10-24(11-7-22)33(28,29)25-12-8-23(9-13-25)15-18(26)16-32-19-5-4-17(21(27)31-3)14-20(19)30-2/h4-5,14,18,26H,6-13,15-16H2,1-3H3. The van der Waals surface area contributed by atoms with Crippen LogP contribution in [0.1, 0.15) is 10.4 Å². The summed E-state index contributed by atoms with van der Waals surface area (Å²) in [6.07, 6.45) is -0.768. The fraction of sp³-hybridized carbons (Fsp3) is 0.667. The lowest BCUT2D eigenvalue weighted by Crippen LogP contribution is -2.57. The van der Waals surface area contributed by atoms with Gasteiger partial charge in [-0.05, 0) is 25.2 Å². The Kier molecular flexibility index (Phi) is 8.90. The number of β-amino-alcohol motifs (C(OH)–C–C–N with tert-alkyl or cyclic N) is 1. The van der Waals surface area contributed by atoms with Gasteiger partial charge in [0.15, 0.2) is 11.5 Å². The normalized spacial score (nSPS) is 20.4. The minimum Gasteiger partial charge on any atom is -0.493 e. The highest BCUT2D eigenvalue weighted by atomic mass is 32.2. The van der Waals surface area contributed by atoms with E-state index in [1.54, 1.807) is 16.4 Å². The van der Waals surface area contributed by atoms with Gasteiger partial charge in [0, 0.05) is 58.9 Å². The molecule has 12 heteroatoms. The van der Waals surface area contributed by atoms with Crippen LogP contribution in [0.25, 0.3) is 0 Å². The Morgan fingerprint density at radius 1 is 1.00 bits per heavy atom. The molecule has 186 valence electrons. The van der Waals surface area contributed by atoms with Crippen molar-refractivity contribution in [1.29, 1.82) is 0 Å². The van der Waals surface area contributed by atoms with Crippen molar-refractivity contribution in [3.05, 3.63) is 23.8 Å². The summed E-state index contributed by atoms with van der Waals surface area (Å²) in [7, 11) is 1.31. The number of carbonyl (C=O) groups excluding carboxylic acids is 1. The van der Waals surface area contributed by atoms with Gasteiger partial charge in [-0.1, -0.05) is 0 Å². The highest BCUT2D eigenvalue weighted by Crippen LogP contribution is 2.28. The van der Waals surface area contributed by atoms with E-state index in [1.807, 2.05) is 11.9 Å². The third kappa shape index (κ3) is 6.55. The van der Waals surface area contributed by atoms with E-state index in [0.29, 0.717) is 62.9 Å². The quantitative estimate of drug-likeness (QED) is 0.454. The average molecular weight is 487 g/mol. The minimum absolute atomic E-state index is 0.0355. The molecule has 2 saturated heterocycles. The molecule has 0 amide bonds. The van der Waals surface area contributed by atoms with Crippen LogP contribution in [0.5, 0.6) is 11.5 Å². The highest BCUT2D eigenvalue weighted by Gasteiger charge is 2.34. The Balaban J connectivity index is 1.46. The molecular formula is C21H34N4O7S. The largest absolute Gasteiger partial charge is 0.493 e. The molecule has 0 aromatic heterocycles. The number of nitrogens with zero attached hydrogens (tertiary/aromatic N) is 4. The van der Waals surface area contributed by atoms with Crippen LogP contribution >= 0.6 is 0 Å². The zero-order chi connectivity index (χ0) is 24.0. The smallest absolute Gasteiger partial charge is 0.337 e. The Labute approximate surface area is 195 Å². The molecule has 0 saturated carbocycles. The molecule has 2 aliphatic rings. The number of likely N-dealkylation sites (N-methyl/N-ethyl adjacent to an activating group) is 1. The van der Waals surface area contributed by atoms with Crippen molar-refractivity contribution in [2.24, 2.45) is 0 Å². The lowest BCUT2D eigenvalue weighted by molar-refractivity contribution is 0.0549. The lowest BCUT2D eigenvalue weighted by atomic mass is 10.2. The van der Waals surface area contributed by atoms with Crippen LogP contribution in [-0.4, -0.2) is 131 Å². The fourth-order valence-corrected chi connectivity index (χ4v) is 5.47. The SMILES string of the molecule is COC(=O)c1ccc(OCC(O)CN2CCN(S(=O)(=O)N3CCN(C)CC3)CC2)c(OC)c1. The Morgan fingerprint density at radius 3 is 2.18 bits per heavy atom. The second-order valence-electron chi connectivity index (χ2n) is 8.23. The van der Waals surface area contributed by atoms with Gasteiger partial charge in [-0.3, -0.25) is 4.90 Å². The molecule has 1 N–H and O–H groups in total. The van der Waals surface area contributed by atoms with Crippen molar-refractivity contribution in [1.82, 2.24) is 18.4 Å². The summed E-state index contributed by atoms with van der Waals surface area (Å²) in [5.74, 6) is 0.300. The predicted molar refractivity (Wildman–Crippen MR) is 122 cm³/mol. The summed E-state index contributed by atoms with van der Waals surface area (Å²) in [5.41, 5.74) is 0.339. The summed E-state index contributed by atoms with van der Waals surface area (Å²) < 4.78 is 44.5. The van der Waals surface area contributed by atoms with Crippen LogP contribution in [0.15, 0.2) is 18.2 Å². The van der Waals surface area contributed by atoms with E-state index in [0.717, 1.165) is 13.1 Å². The van der Waals surface area contributed by atoms with Crippen LogP contribution in [-0.2, 0) is 14.9 Å². The van der Waals surface area contributed by atoms with E-state index >= 15 is 0 Å². The van der Waals surface area contributed by atoms with Crippen molar-refractivity contribution < 1.29 is 32.5 Å². The van der Waals surface area contributed by atoms with Crippen LogP contribution < -0.4 is 9.47 Å². The van der Waals surface area contributed by atoms with Crippen LogP contribution in [0.2, 0.25) is 0 Å². The van der Waals surface area contributed by atoms with Gasteiger partial charge in [-0.2, -0.15) is 17.0 Å². The number of methoxy groups -OCH3 is 2. The van der Waals surface area contributed by atoms with Crippen LogP contribution in [0.3, 0.4) is 0 Å². The first-order valence-electron chi connectivity index (χ1n) is 11.0. The zero-order valence-electron chi connectivity index (χ0n) is 19.5. The third-order valence-electron chi connectivity index (χ3n) is 5.93. The second kappa shape index (κ2) is 11.4. The first-order valence-corrected chi connectivity index (χ1v) is 12.4. The number of hydrogen-bond acceptors (Lipinski definition) is 9. The summed E-state index contributed by atoms with van der Waals surface area (Å²) >= 11 is 0. The van der Waals surface area contributed by atoms with Gasteiger partial charge in [0.2, 0.25) is 0 Å². The van der Waals surface area contributed by atoms with Gasteiger partial charge in [0.05, 0.1) is 19.8 Å². The van der Waals surface area contributed by atoms with Gasteiger partial charge in [-0.15, -0.1) is 0 Å². The van der Waals surface area contributed by atoms with Gasteiger partial charge in [-0.25, -0.2) is 4.79 Å². The number of rotatable bonds is 9. The van der Waals surface area contributed by atoms with Crippen LogP contribution in [0, 0.1) is 0 Å². The first kappa shape index (κ1) is 25.7. The lowest BCUT2D eigenvalue weighted by Gasteiger charge is -2.39. The maximum absolute atomic E-state index is 12.9. The molecule has 11 nitrogen and oxygen atoms in total. The van der Waals surface area contributed by atoms with E-state index in [1.165, 1.54) is 24.6 Å². The minimum atomic E-state index is -3.45. The highest BCUT2D eigenvalue weighted by molar-refractivity contribution is 7.86. The number of esters is 1. The number of piperazine rings is 2. The van der Waals surface area contributed by atoms with Crippen molar-refractivity contribution in [2.75, 3.05) is 86.8 Å². The first-order chi connectivity index (χ1) is 15.7. The Morgan fingerprint density at radius 2 is 1.61 bits per heavy atom. The summed E-state index contributed by atoms with van der Waals surface area (Å²) in [6, 6.07) is 4.68. The number of aliphatic hydroxyl groups is 1. The molecular weight excluding hydrogens is 452 g/mol. The summed E-state index contributed by atoms with van der Waals surface area (Å²) in [6.45, 7) is 4.78. The molecule has 33 heavy (non-hydrogen) atoms. The van der Waals surface area contributed by atoms with Crippen molar-refractivity contribution in [3.63, 3.8) is 0 Å². The number of benzene rings is 1. The monoisotopic (exact) mass is 486 g/mol. The molecule has 1 unspecified atom stereocenters. The van der Waals surface area contributed by atoms with E-state index in [-0.39, 0.29) is 6.61 Å². The third-order valence-corrected chi connectivity index (χ3v) is 7.97. The van der Waals surface area contributed by atoms with E-state index in [9.17, 15) is 18.3 Å². The van der Waals surface area contributed by atoms with Gasteiger partial charge in [0.1, 0.15) is 12.7 Å². The van der Waals surface area contributed by atoms with Crippen molar-refractivity contribution in [2.45, 2.75) is 6.10 Å². The number of ether oxygens (including phenoxy) is 3. The van der Waals surface area contributed by atoms with Gasteiger partial charge in [0.25, 0.3) is 10.2 Å². The molecule has 2 aliphatic heterocycles. The summed E-state index contributed by atoms with van der Waals surface area (Å²) in [5, 5.41) is 10.4. The van der Waals surface area contributed by atoms with E-state index in [2.05, 4.69) is 4.90 Å². The molecule has 1 aromatic rings.